The number of carbonyl (C=O) groups excluding carboxylic acids is 2. The molecule has 0 aliphatic rings. The van der Waals surface area contributed by atoms with Crippen LogP contribution in [-0.2, 0) is 9.59 Å². The van der Waals surface area contributed by atoms with Crippen LogP contribution < -0.4 is 16.2 Å². The number of thioether (sulfide) groups is 1. The van der Waals surface area contributed by atoms with Crippen molar-refractivity contribution < 1.29 is 9.59 Å². The normalized spacial score (nSPS) is 10.7. The lowest BCUT2D eigenvalue weighted by Gasteiger charge is -2.08. The number of hydrogen-bond acceptors (Lipinski definition) is 6. The van der Waals surface area contributed by atoms with E-state index in [4.69, 9.17) is 0 Å². The minimum Gasteiger partial charge on any atom is -0.326 e. The number of benzene rings is 2. The van der Waals surface area contributed by atoms with Crippen LogP contribution in [0.15, 0.2) is 70.7 Å². The van der Waals surface area contributed by atoms with Gasteiger partial charge in [-0.25, -0.2) is 9.67 Å². The fourth-order valence-corrected chi connectivity index (χ4v) is 3.59. The van der Waals surface area contributed by atoms with Crippen LogP contribution in [0.1, 0.15) is 6.92 Å². The molecule has 2 aromatic carbocycles. The maximum absolute atomic E-state index is 12.4. The zero-order valence-electron chi connectivity index (χ0n) is 16.5. The van der Waals surface area contributed by atoms with Gasteiger partial charge in [0, 0.05) is 18.3 Å². The largest absolute Gasteiger partial charge is 0.326 e. The fraction of sp³-hybridized carbons (Fsp3) is 0.0952. The first-order valence-electron chi connectivity index (χ1n) is 9.33. The molecule has 0 radical (unpaired) electrons. The second kappa shape index (κ2) is 8.84. The quantitative estimate of drug-likeness (QED) is 0.317. The number of nitrogens with one attached hydrogen (secondary N) is 3. The Bertz CT molecular complexity index is 1320. The number of aromatic nitrogens is 4. The van der Waals surface area contributed by atoms with Crippen LogP contribution in [0, 0.1) is 0 Å². The molecule has 156 valence electrons. The lowest BCUT2D eigenvalue weighted by molar-refractivity contribution is -0.114. The number of carbonyl (C=O) groups is 2. The molecule has 3 N–H and O–H groups in total. The van der Waals surface area contributed by atoms with E-state index in [1.165, 1.54) is 13.1 Å². The lowest BCUT2D eigenvalue weighted by Crippen LogP contribution is -2.16. The van der Waals surface area contributed by atoms with Crippen LogP contribution in [0.25, 0.3) is 16.7 Å². The van der Waals surface area contributed by atoms with Gasteiger partial charge in [-0.15, -0.1) is 0 Å². The van der Waals surface area contributed by atoms with Crippen molar-refractivity contribution in [2.75, 3.05) is 16.4 Å². The third-order valence-electron chi connectivity index (χ3n) is 4.22. The molecular formula is C21H18N6O3S. The van der Waals surface area contributed by atoms with Crippen LogP contribution in [0.2, 0.25) is 0 Å². The highest BCUT2D eigenvalue weighted by molar-refractivity contribution is 7.99. The molecule has 10 heteroatoms. The summed E-state index contributed by atoms with van der Waals surface area (Å²) in [7, 11) is 0. The molecule has 9 nitrogen and oxygen atoms in total. The molecule has 0 saturated heterocycles. The molecule has 0 bridgehead atoms. The third kappa shape index (κ3) is 4.81. The molecule has 2 heterocycles. The number of fused-ring (bicyclic) bond motifs is 1. The van der Waals surface area contributed by atoms with E-state index in [2.05, 4.69) is 25.7 Å². The number of para-hydroxylation sites is 1. The van der Waals surface area contributed by atoms with E-state index in [0.29, 0.717) is 27.6 Å². The summed E-state index contributed by atoms with van der Waals surface area (Å²) in [5, 5.41) is 10.4. The van der Waals surface area contributed by atoms with Crippen LogP contribution in [0.5, 0.6) is 0 Å². The van der Waals surface area contributed by atoms with Crippen LogP contribution in [-0.4, -0.2) is 37.3 Å². The van der Waals surface area contributed by atoms with Crippen molar-refractivity contribution >= 4 is 46.0 Å². The summed E-state index contributed by atoms with van der Waals surface area (Å²) in [6.45, 7) is 1.41. The first-order chi connectivity index (χ1) is 15.0. The van der Waals surface area contributed by atoms with E-state index in [0.717, 1.165) is 17.4 Å². The fourth-order valence-electron chi connectivity index (χ4n) is 2.93. The molecule has 31 heavy (non-hydrogen) atoms. The van der Waals surface area contributed by atoms with Crippen LogP contribution in [0.3, 0.4) is 0 Å². The molecule has 0 aliphatic heterocycles. The molecule has 0 aliphatic carbocycles. The van der Waals surface area contributed by atoms with Gasteiger partial charge < -0.3 is 15.6 Å². The average molecular weight is 434 g/mol. The molecule has 0 fully saturated rings. The van der Waals surface area contributed by atoms with Crippen molar-refractivity contribution in [3.8, 4) is 5.69 Å². The van der Waals surface area contributed by atoms with Gasteiger partial charge in [0.15, 0.2) is 10.8 Å². The number of anilines is 2. The van der Waals surface area contributed by atoms with Crippen molar-refractivity contribution in [1.82, 2.24) is 19.7 Å². The monoisotopic (exact) mass is 434 g/mol. The molecule has 0 spiro atoms. The lowest BCUT2D eigenvalue weighted by atomic mass is 10.2. The standard InChI is InChI=1S/C21H18N6O3S/c1-13(28)23-14-6-5-7-15(10-14)24-18(29)12-31-21-25-19-17(20(30)26-21)11-22-27(19)16-8-3-2-4-9-16/h2-11H,12H2,1H3,(H,23,28)(H,24,29)(H,25,26,30). The average Bonchev–Trinajstić information content (AvgIpc) is 3.17. The Hall–Kier alpha value is -3.92. The predicted molar refractivity (Wildman–Crippen MR) is 120 cm³/mol. The number of aromatic amines is 1. The van der Waals surface area contributed by atoms with Crippen molar-refractivity contribution in [2.24, 2.45) is 0 Å². The highest BCUT2D eigenvalue weighted by Gasteiger charge is 2.13. The highest BCUT2D eigenvalue weighted by atomic mass is 32.2. The van der Waals surface area contributed by atoms with Crippen LogP contribution >= 0.6 is 11.8 Å². The van der Waals surface area contributed by atoms with E-state index in [1.807, 2.05) is 30.3 Å². The number of nitrogens with zero attached hydrogens (tertiary/aromatic N) is 3. The van der Waals surface area contributed by atoms with Gasteiger partial charge in [0.2, 0.25) is 11.8 Å². The minimum atomic E-state index is -0.321. The van der Waals surface area contributed by atoms with E-state index in [-0.39, 0.29) is 23.1 Å². The molecule has 2 amide bonds. The smallest absolute Gasteiger partial charge is 0.262 e. The Morgan fingerprint density at radius 3 is 2.55 bits per heavy atom. The van der Waals surface area contributed by atoms with Crippen molar-refractivity contribution in [3.05, 3.63) is 71.1 Å². The summed E-state index contributed by atoms with van der Waals surface area (Å²) in [5.41, 5.74) is 2.02. The molecular weight excluding hydrogens is 416 g/mol. The van der Waals surface area contributed by atoms with Crippen molar-refractivity contribution in [1.29, 1.82) is 0 Å². The Morgan fingerprint density at radius 2 is 1.81 bits per heavy atom. The molecule has 2 aromatic heterocycles. The summed E-state index contributed by atoms with van der Waals surface area (Å²) in [4.78, 5) is 43.1. The maximum Gasteiger partial charge on any atom is 0.262 e. The van der Waals surface area contributed by atoms with Gasteiger partial charge in [0.05, 0.1) is 17.6 Å². The molecule has 0 saturated carbocycles. The SMILES string of the molecule is CC(=O)Nc1cccc(NC(=O)CSc2nc3c(cnn3-c3ccccc3)c(=O)[nH]2)c1. The Kier molecular flexibility index (Phi) is 5.80. The summed E-state index contributed by atoms with van der Waals surface area (Å²) >= 11 is 1.11. The van der Waals surface area contributed by atoms with Gasteiger partial charge in [0.1, 0.15) is 5.39 Å². The number of amides is 2. The molecule has 0 unspecified atom stereocenters. The van der Waals surface area contributed by atoms with Gasteiger partial charge in [-0.3, -0.25) is 14.4 Å². The van der Waals surface area contributed by atoms with Crippen molar-refractivity contribution in [2.45, 2.75) is 12.1 Å². The predicted octanol–water partition coefficient (Wildman–Crippen LogP) is 2.80. The number of rotatable bonds is 6. The van der Waals surface area contributed by atoms with Gasteiger partial charge in [0.25, 0.3) is 5.56 Å². The summed E-state index contributed by atoms with van der Waals surface area (Å²) < 4.78 is 1.59. The first kappa shape index (κ1) is 20.4. The summed E-state index contributed by atoms with van der Waals surface area (Å²) in [6.07, 6.45) is 1.47. The van der Waals surface area contributed by atoms with Gasteiger partial charge in [-0.1, -0.05) is 36.0 Å². The zero-order valence-corrected chi connectivity index (χ0v) is 17.3. The summed E-state index contributed by atoms with van der Waals surface area (Å²) in [6, 6.07) is 16.2. The molecule has 4 rings (SSSR count). The van der Waals surface area contributed by atoms with E-state index < -0.39 is 0 Å². The molecule has 0 atom stereocenters. The Labute approximate surface area is 180 Å². The second-order valence-electron chi connectivity index (χ2n) is 6.60. The van der Waals surface area contributed by atoms with Gasteiger partial charge >= 0.3 is 0 Å². The Balaban J connectivity index is 1.48. The highest BCUT2D eigenvalue weighted by Crippen LogP contribution is 2.19. The number of H-pyrrole nitrogens is 1. The third-order valence-corrected chi connectivity index (χ3v) is 5.10. The van der Waals surface area contributed by atoms with Gasteiger partial charge in [-0.05, 0) is 30.3 Å². The Morgan fingerprint density at radius 1 is 1.06 bits per heavy atom. The molecule has 4 aromatic rings. The summed E-state index contributed by atoms with van der Waals surface area (Å²) in [5.74, 6) is -0.429. The van der Waals surface area contributed by atoms with Crippen LogP contribution in [0.4, 0.5) is 11.4 Å². The maximum atomic E-state index is 12.4. The van der Waals surface area contributed by atoms with E-state index in [9.17, 15) is 14.4 Å². The van der Waals surface area contributed by atoms with Crippen molar-refractivity contribution in [3.63, 3.8) is 0 Å². The topological polar surface area (TPSA) is 122 Å². The van der Waals surface area contributed by atoms with E-state index >= 15 is 0 Å². The zero-order chi connectivity index (χ0) is 21.8. The number of hydrogen-bond donors (Lipinski definition) is 3. The van der Waals surface area contributed by atoms with Gasteiger partial charge in [-0.2, -0.15) is 5.10 Å². The second-order valence-corrected chi connectivity index (χ2v) is 7.56. The first-order valence-corrected chi connectivity index (χ1v) is 10.3. The van der Waals surface area contributed by atoms with E-state index in [1.54, 1.807) is 28.9 Å². The minimum absolute atomic E-state index is 0.0400.